The largest absolute Gasteiger partial charge is 0.409 e. The summed E-state index contributed by atoms with van der Waals surface area (Å²) in [5.74, 6) is 0.936. The molecule has 2 aromatic rings. The molecule has 26 heavy (non-hydrogen) atoms. The summed E-state index contributed by atoms with van der Waals surface area (Å²) in [5, 5.41) is 31.3. The normalized spacial score (nSPS) is 12.1. The third kappa shape index (κ3) is 5.81. The maximum absolute atomic E-state index is 9.17. The van der Waals surface area contributed by atoms with Gasteiger partial charge in [-0.1, -0.05) is 70.0 Å². The van der Waals surface area contributed by atoms with Gasteiger partial charge in [-0.15, -0.1) is 0 Å². The van der Waals surface area contributed by atoms with E-state index >= 15 is 0 Å². The van der Waals surface area contributed by atoms with Gasteiger partial charge in [-0.3, -0.25) is 0 Å². The first-order valence-corrected chi connectivity index (χ1v) is 8.70. The molecule has 0 aliphatic carbocycles. The van der Waals surface area contributed by atoms with Crippen molar-refractivity contribution in [2.45, 2.75) is 26.7 Å². The van der Waals surface area contributed by atoms with Crippen LogP contribution in [0.25, 0.3) is 0 Å². The molecule has 0 saturated heterocycles. The minimum atomic E-state index is 0.468. The van der Waals surface area contributed by atoms with E-state index < -0.39 is 0 Å². The summed E-state index contributed by atoms with van der Waals surface area (Å²) >= 11 is 0. The first-order valence-electron chi connectivity index (χ1n) is 8.70. The number of aryl methyl sites for hydroxylation is 2. The minimum absolute atomic E-state index is 0.468. The zero-order valence-corrected chi connectivity index (χ0v) is 15.2. The van der Waals surface area contributed by atoms with Gasteiger partial charge < -0.3 is 21.0 Å². The second-order valence-electron chi connectivity index (χ2n) is 6.19. The molecular formula is C20H26N4O2. The van der Waals surface area contributed by atoms with Gasteiger partial charge in [0.25, 0.3) is 0 Å². The van der Waals surface area contributed by atoms with E-state index in [0.29, 0.717) is 24.8 Å². The lowest BCUT2D eigenvalue weighted by Gasteiger charge is -2.10. The number of unbranched alkanes of at least 4 members (excludes halogenated alkanes) is 1. The molecular weight excluding hydrogens is 328 g/mol. The topological polar surface area (TPSA) is 89.2 Å². The maximum atomic E-state index is 9.17. The van der Waals surface area contributed by atoms with Gasteiger partial charge >= 0.3 is 0 Å². The van der Waals surface area contributed by atoms with Crippen LogP contribution in [-0.2, 0) is 0 Å². The van der Waals surface area contributed by atoms with Gasteiger partial charge in [-0.25, -0.2) is 0 Å². The summed E-state index contributed by atoms with van der Waals surface area (Å²) in [6.07, 6.45) is 1.76. The fraction of sp³-hybridized carbons (Fsp3) is 0.300. The van der Waals surface area contributed by atoms with E-state index in [1.54, 1.807) is 0 Å². The van der Waals surface area contributed by atoms with Crippen LogP contribution in [0.4, 0.5) is 0 Å². The summed E-state index contributed by atoms with van der Waals surface area (Å²) in [4.78, 5) is 0. The second-order valence-corrected chi connectivity index (χ2v) is 6.19. The summed E-state index contributed by atoms with van der Waals surface area (Å²) < 4.78 is 0. The molecule has 0 aliphatic heterocycles. The summed E-state index contributed by atoms with van der Waals surface area (Å²) in [6.45, 7) is 5.40. The summed E-state index contributed by atoms with van der Waals surface area (Å²) in [7, 11) is 0. The van der Waals surface area contributed by atoms with Gasteiger partial charge in [0, 0.05) is 24.2 Å². The van der Waals surface area contributed by atoms with E-state index in [9.17, 15) is 10.4 Å². The number of rotatable bonds is 7. The van der Waals surface area contributed by atoms with Crippen LogP contribution >= 0.6 is 0 Å². The van der Waals surface area contributed by atoms with Crippen LogP contribution in [0.1, 0.15) is 35.1 Å². The average molecular weight is 354 g/mol. The van der Waals surface area contributed by atoms with Gasteiger partial charge in [0.2, 0.25) is 0 Å². The Morgan fingerprint density at radius 1 is 0.692 bits per heavy atom. The number of benzene rings is 2. The molecule has 0 aromatic heterocycles. The molecule has 2 rings (SSSR count). The number of nitrogens with zero attached hydrogens (tertiary/aromatic N) is 2. The van der Waals surface area contributed by atoms with Crippen LogP contribution in [0.2, 0.25) is 0 Å². The van der Waals surface area contributed by atoms with Crippen molar-refractivity contribution in [3.63, 3.8) is 0 Å². The van der Waals surface area contributed by atoms with E-state index in [-0.39, 0.29) is 0 Å². The Morgan fingerprint density at radius 2 is 1.04 bits per heavy atom. The molecule has 2 aromatic carbocycles. The summed E-state index contributed by atoms with van der Waals surface area (Å²) in [5.41, 5.74) is 4.02. The van der Waals surface area contributed by atoms with E-state index in [4.69, 9.17) is 0 Å². The van der Waals surface area contributed by atoms with Crippen LogP contribution < -0.4 is 10.6 Å². The van der Waals surface area contributed by atoms with Gasteiger partial charge in [0.05, 0.1) is 0 Å². The number of amidine groups is 2. The standard InChI is InChI=1S/C20H26N4O2/c1-15-5-9-17(10-6-15)19(23-25)21-13-3-4-14-22-20(24-26)18-11-7-16(2)8-12-18/h5-12,25-26H,3-4,13-14H2,1-2H3,(H,21,23)(H,22,24). The van der Waals surface area contributed by atoms with Crippen molar-refractivity contribution in [1.29, 1.82) is 0 Å². The predicted octanol–water partition coefficient (Wildman–Crippen LogP) is 3.23. The molecule has 0 amide bonds. The van der Waals surface area contributed by atoms with Crippen molar-refractivity contribution in [3.8, 4) is 0 Å². The quantitative estimate of drug-likeness (QED) is 0.202. The van der Waals surface area contributed by atoms with Crippen molar-refractivity contribution in [3.05, 3.63) is 70.8 Å². The zero-order chi connectivity index (χ0) is 18.8. The fourth-order valence-corrected chi connectivity index (χ4v) is 2.48. The molecule has 0 saturated carbocycles. The third-order valence-corrected chi connectivity index (χ3v) is 4.04. The molecule has 6 heteroatoms. The summed E-state index contributed by atoms with van der Waals surface area (Å²) in [6, 6.07) is 15.6. The molecule has 138 valence electrons. The van der Waals surface area contributed by atoms with Crippen molar-refractivity contribution < 1.29 is 10.4 Å². The van der Waals surface area contributed by atoms with Crippen molar-refractivity contribution in [2.75, 3.05) is 13.1 Å². The smallest absolute Gasteiger partial charge is 0.172 e. The van der Waals surface area contributed by atoms with Crippen molar-refractivity contribution in [2.24, 2.45) is 10.3 Å². The number of hydrogen-bond donors (Lipinski definition) is 4. The fourth-order valence-electron chi connectivity index (χ4n) is 2.48. The number of hydrogen-bond acceptors (Lipinski definition) is 4. The molecule has 6 nitrogen and oxygen atoms in total. The number of nitrogens with one attached hydrogen (secondary N) is 2. The number of oxime groups is 2. The lowest BCUT2D eigenvalue weighted by Crippen LogP contribution is -2.28. The lowest BCUT2D eigenvalue weighted by atomic mass is 10.1. The molecule has 0 atom stereocenters. The lowest BCUT2D eigenvalue weighted by molar-refractivity contribution is 0.316. The highest BCUT2D eigenvalue weighted by Gasteiger charge is 2.05. The van der Waals surface area contributed by atoms with E-state index in [1.807, 2.05) is 62.4 Å². The van der Waals surface area contributed by atoms with Crippen molar-refractivity contribution in [1.82, 2.24) is 10.6 Å². The Kier molecular flexibility index (Phi) is 7.49. The first-order chi connectivity index (χ1) is 12.6. The van der Waals surface area contributed by atoms with Gasteiger partial charge in [-0.2, -0.15) is 0 Å². The first kappa shape index (κ1) is 19.3. The van der Waals surface area contributed by atoms with E-state index in [1.165, 1.54) is 0 Å². The van der Waals surface area contributed by atoms with E-state index in [0.717, 1.165) is 35.1 Å². The Balaban J connectivity index is 1.71. The van der Waals surface area contributed by atoms with Crippen LogP contribution in [0.3, 0.4) is 0 Å². The van der Waals surface area contributed by atoms with Crippen molar-refractivity contribution >= 4 is 11.7 Å². The Hall–Kier alpha value is -3.02. The molecule has 0 bridgehead atoms. The highest BCUT2D eigenvalue weighted by Crippen LogP contribution is 2.05. The highest BCUT2D eigenvalue weighted by atomic mass is 16.4. The Labute approximate surface area is 154 Å². The third-order valence-electron chi connectivity index (χ3n) is 4.04. The Bertz CT molecular complexity index is 672. The van der Waals surface area contributed by atoms with Gasteiger partial charge in [0.15, 0.2) is 11.7 Å². The molecule has 0 spiro atoms. The highest BCUT2D eigenvalue weighted by molar-refractivity contribution is 5.98. The molecule has 0 fully saturated rings. The van der Waals surface area contributed by atoms with Crippen LogP contribution in [0, 0.1) is 13.8 Å². The van der Waals surface area contributed by atoms with Crippen LogP contribution in [0.5, 0.6) is 0 Å². The predicted molar refractivity (Wildman–Crippen MR) is 104 cm³/mol. The van der Waals surface area contributed by atoms with Gasteiger partial charge in [0.1, 0.15) is 0 Å². The van der Waals surface area contributed by atoms with Gasteiger partial charge in [-0.05, 0) is 26.7 Å². The van der Waals surface area contributed by atoms with E-state index in [2.05, 4.69) is 20.9 Å². The second kappa shape index (κ2) is 10.1. The van der Waals surface area contributed by atoms with Crippen LogP contribution in [0.15, 0.2) is 58.8 Å². The minimum Gasteiger partial charge on any atom is -0.409 e. The average Bonchev–Trinajstić information content (AvgIpc) is 2.66. The van der Waals surface area contributed by atoms with Crippen LogP contribution in [-0.4, -0.2) is 35.2 Å². The Morgan fingerprint density at radius 3 is 1.35 bits per heavy atom. The molecule has 4 N–H and O–H groups in total. The SMILES string of the molecule is Cc1ccc(/C(=N/O)NCCCCN/C(=N\O)c2ccc(C)cc2)cc1. The molecule has 0 radical (unpaired) electrons. The maximum Gasteiger partial charge on any atom is 0.172 e. The molecule has 0 aliphatic rings. The molecule has 0 unspecified atom stereocenters. The molecule has 0 heterocycles. The monoisotopic (exact) mass is 354 g/mol. The zero-order valence-electron chi connectivity index (χ0n) is 15.2.